The van der Waals surface area contributed by atoms with Crippen molar-refractivity contribution in [3.8, 4) is 0 Å². The molecule has 5 nitrogen and oxygen atoms in total. The van der Waals surface area contributed by atoms with E-state index in [4.69, 9.17) is 9.47 Å². The first-order chi connectivity index (χ1) is 11.3. The van der Waals surface area contributed by atoms with Crippen LogP contribution in [0.4, 0.5) is 4.79 Å². The van der Waals surface area contributed by atoms with Gasteiger partial charge >= 0.3 is 6.09 Å². The van der Waals surface area contributed by atoms with Gasteiger partial charge in [-0.15, -0.1) is 11.3 Å². The Labute approximate surface area is 156 Å². The molecule has 0 bridgehead atoms. The standard InChI is InChI=1S/C17H27BrN2O3S/c1-17(2,3)23-16(21)20-7-4-14(5-8-20)22-9-6-19-11-13-10-15(18)24-12-13/h10,12,14,19H,4-9,11H2,1-3H3. The molecule has 1 fully saturated rings. The highest BCUT2D eigenvalue weighted by Gasteiger charge is 2.26. The number of nitrogens with one attached hydrogen (secondary N) is 1. The van der Waals surface area contributed by atoms with Crippen LogP contribution in [0.1, 0.15) is 39.2 Å². The number of nitrogens with zero attached hydrogens (tertiary/aromatic N) is 1. The smallest absolute Gasteiger partial charge is 0.410 e. The molecule has 1 aliphatic heterocycles. The van der Waals surface area contributed by atoms with Crippen molar-refractivity contribution in [3.05, 3.63) is 20.8 Å². The maximum Gasteiger partial charge on any atom is 0.410 e. The van der Waals surface area contributed by atoms with Gasteiger partial charge in [-0.05, 0) is 66.6 Å². The molecule has 0 saturated carbocycles. The number of rotatable bonds is 6. The lowest BCUT2D eigenvalue weighted by molar-refractivity contribution is -0.0104. The number of halogens is 1. The van der Waals surface area contributed by atoms with E-state index in [0.29, 0.717) is 19.7 Å². The third kappa shape index (κ3) is 7.09. The molecule has 2 heterocycles. The van der Waals surface area contributed by atoms with Crippen LogP contribution in [0.15, 0.2) is 15.2 Å². The molecule has 0 aromatic carbocycles. The molecule has 136 valence electrons. The van der Waals surface area contributed by atoms with E-state index in [1.807, 2.05) is 20.8 Å². The molecule has 0 aliphatic carbocycles. The first-order valence-electron chi connectivity index (χ1n) is 8.36. The van der Waals surface area contributed by atoms with E-state index in [1.165, 1.54) is 5.56 Å². The molecular weight excluding hydrogens is 392 g/mol. The molecule has 1 aromatic rings. The van der Waals surface area contributed by atoms with E-state index in [0.717, 1.165) is 29.7 Å². The van der Waals surface area contributed by atoms with Crippen molar-refractivity contribution >= 4 is 33.4 Å². The number of hydrogen-bond acceptors (Lipinski definition) is 5. The van der Waals surface area contributed by atoms with Crippen molar-refractivity contribution in [2.24, 2.45) is 0 Å². The summed E-state index contributed by atoms with van der Waals surface area (Å²) in [5, 5.41) is 5.53. The van der Waals surface area contributed by atoms with Gasteiger partial charge in [0.1, 0.15) is 5.60 Å². The lowest BCUT2D eigenvalue weighted by Crippen LogP contribution is -2.43. The minimum atomic E-state index is -0.436. The van der Waals surface area contributed by atoms with Crippen LogP contribution in [-0.2, 0) is 16.0 Å². The highest BCUT2D eigenvalue weighted by Crippen LogP contribution is 2.20. The fourth-order valence-corrected chi connectivity index (χ4v) is 3.71. The van der Waals surface area contributed by atoms with Crippen LogP contribution in [0.25, 0.3) is 0 Å². The Kier molecular flexibility index (Phi) is 7.53. The molecule has 1 saturated heterocycles. The zero-order valence-electron chi connectivity index (χ0n) is 14.6. The average molecular weight is 419 g/mol. The largest absolute Gasteiger partial charge is 0.444 e. The number of likely N-dealkylation sites (tertiary alicyclic amines) is 1. The average Bonchev–Trinajstić information content (AvgIpc) is 2.91. The Morgan fingerprint density at radius 1 is 1.42 bits per heavy atom. The summed E-state index contributed by atoms with van der Waals surface area (Å²) in [5.74, 6) is 0. The number of amides is 1. The number of ether oxygens (including phenoxy) is 2. The molecule has 0 radical (unpaired) electrons. The molecule has 7 heteroatoms. The normalized spacial score (nSPS) is 16.4. The Hall–Kier alpha value is -0.630. The Morgan fingerprint density at radius 3 is 2.71 bits per heavy atom. The van der Waals surface area contributed by atoms with Gasteiger partial charge in [0, 0.05) is 26.2 Å². The summed E-state index contributed by atoms with van der Waals surface area (Å²) < 4.78 is 12.5. The van der Waals surface area contributed by atoms with Crippen molar-refractivity contribution in [1.82, 2.24) is 10.2 Å². The van der Waals surface area contributed by atoms with Crippen molar-refractivity contribution in [3.63, 3.8) is 0 Å². The summed E-state index contributed by atoms with van der Waals surface area (Å²) in [5.41, 5.74) is 0.853. The number of hydrogen-bond donors (Lipinski definition) is 1. The van der Waals surface area contributed by atoms with Gasteiger partial charge in [-0.2, -0.15) is 0 Å². The Balaban J connectivity index is 1.55. The van der Waals surface area contributed by atoms with E-state index in [1.54, 1.807) is 16.2 Å². The van der Waals surface area contributed by atoms with Crippen LogP contribution >= 0.6 is 27.3 Å². The highest BCUT2D eigenvalue weighted by molar-refractivity contribution is 9.11. The molecule has 0 atom stereocenters. The Bertz CT molecular complexity index is 522. The highest BCUT2D eigenvalue weighted by atomic mass is 79.9. The van der Waals surface area contributed by atoms with Gasteiger partial charge in [0.05, 0.1) is 16.5 Å². The first-order valence-corrected chi connectivity index (χ1v) is 10.0. The molecule has 1 aromatic heterocycles. The maximum atomic E-state index is 12.0. The van der Waals surface area contributed by atoms with Crippen molar-refractivity contribution in [1.29, 1.82) is 0 Å². The zero-order chi connectivity index (χ0) is 17.6. The summed E-state index contributed by atoms with van der Waals surface area (Å²) in [6, 6.07) is 2.13. The van der Waals surface area contributed by atoms with Gasteiger partial charge in [-0.25, -0.2) is 4.79 Å². The van der Waals surface area contributed by atoms with Crippen LogP contribution in [0.3, 0.4) is 0 Å². The molecule has 24 heavy (non-hydrogen) atoms. The summed E-state index contributed by atoms with van der Waals surface area (Å²) in [7, 11) is 0. The van der Waals surface area contributed by atoms with Crippen molar-refractivity contribution in [2.45, 2.75) is 51.9 Å². The second kappa shape index (κ2) is 9.17. The molecular formula is C17H27BrN2O3S. The predicted octanol–water partition coefficient (Wildman–Crippen LogP) is 4.02. The zero-order valence-corrected chi connectivity index (χ0v) is 17.0. The molecule has 1 aliphatic rings. The van der Waals surface area contributed by atoms with E-state index >= 15 is 0 Å². The topological polar surface area (TPSA) is 50.8 Å². The van der Waals surface area contributed by atoms with Gasteiger partial charge in [0.25, 0.3) is 0 Å². The monoisotopic (exact) mass is 418 g/mol. The van der Waals surface area contributed by atoms with E-state index < -0.39 is 5.60 Å². The van der Waals surface area contributed by atoms with Crippen LogP contribution in [0.2, 0.25) is 0 Å². The van der Waals surface area contributed by atoms with Crippen molar-refractivity contribution in [2.75, 3.05) is 26.2 Å². The predicted molar refractivity (Wildman–Crippen MR) is 101 cm³/mol. The van der Waals surface area contributed by atoms with Crippen LogP contribution < -0.4 is 5.32 Å². The summed E-state index contributed by atoms with van der Waals surface area (Å²) >= 11 is 5.17. The summed E-state index contributed by atoms with van der Waals surface area (Å²) in [4.78, 5) is 13.8. The van der Waals surface area contributed by atoms with Gasteiger partial charge < -0.3 is 19.7 Å². The van der Waals surface area contributed by atoms with Crippen LogP contribution in [0.5, 0.6) is 0 Å². The minimum Gasteiger partial charge on any atom is -0.444 e. The van der Waals surface area contributed by atoms with Gasteiger partial charge in [-0.1, -0.05) is 0 Å². The first kappa shape index (κ1) is 19.7. The number of carbonyl (C=O) groups excluding carboxylic acids is 1. The van der Waals surface area contributed by atoms with Crippen LogP contribution in [0, 0.1) is 0 Å². The molecule has 0 unspecified atom stereocenters. The second-order valence-electron chi connectivity index (χ2n) is 6.97. The third-order valence-corrected chi connectivity index (χ3v) is 5.23. The molecule has 1 N–H and O–H groups in total. The SMILES string of the molecule is CC(C)(C)OC(=O)N1CCC(OCCNCc2csc(Br)c2)CC1. The second-order valence-corrected chi connectivity index (χ2v) is 9.26. The van der Waals surface area contributed by atoms with Crippen molar-refractivity contribution < 1.29 is 14.3 Å². The Morgan fingerprint density at radius 2 is 2.12 bits per heavy atom. The molecule has 0 spiro atoms. The fourth-order valence-electron chi connectivity index (χ4n) is 2.50. The van der Waals surface area contributed by atoms with E-state index in [9.17, 15) is 4.79 Å². The summed E-state index contributed by atoms with van der Waals surface area (Å²) in [6.07, 6.45) is 1.76. The lowest BCUT2D eigenvalue weighted by atomic mass is 10.1. The molecule has 2 rings (SSSR count). The lowest BCUT2D eigenvalue weighted by Gasteiger charge is -2.33. The quantitative estimate of drug-likeness (QED) is 0.708. The number of piperidine rings is 1. The molecule has 1 amide bonds. The third-order valence-electron chi connectivity index (χ3n) is 3.68. The van der Waals surface area contributed by atoms with E-state index in [2.05, 4.69) is 32.7 Å². The maximum absolute atomic E-state index is 12.0. The number of thiophene rings is 1. The number of carbonyl (C=O) groups is 1. The van der Waals surface area contributed by atoms with Gasteiger partial charge in [-0.3, -0.25) is 0 Å². The summed E-state index contributed by atoms with van der Waals surface area (Å²) in [6.45, 7) is 9.48. The van der Waals surface area contributed by atoms with Crippen LogP contribution in [-0.4, -0.2) is 48.9 Å². The minimum absolute atomic E-state index is 0.218. The van der Waals surface area contributed by atoms with Gasteiger partial charge in [0.15, 0.2) is 0 Å². The van der Waals surface area contributed by atoms with Gasteiger partial charge in [0.2, 0.25) is 0 Å². The van der Waals surface area contributed by atoms with E-state index in [-0.39, 0.29) is 12.2 Å². The fraction of sp³-hybridized carbons (Fsp3) is 0.706.